The Labute approximate surface area is 201 Å². The van der Waals surface area contributed by atoms with E-state index in [4.69, 9.17) is 5.73 Å². The second-order valence-electron chi connectivity index (χ2n) is 8.75. The summed E-state index contributed by atoms with van der Waals surface area (Å²) in [5.74, 6) is -0.906. The molecule has 1 unspecified atom stereocenters. The van der Waals surface area contributed by atoms with Crippen LogP contribution in [0.25, 0.3) is 0 Å². The Morgan fingerprint density at radius 1 is 1.17 bits per heavy atom. The zero-order chi connectivity index (χ0) is 24.5. The van der Waals surface area contributed by atoms with Crippen molar-refractivity contribution in [3.8, 4) is 0 Å². The van der Waals surface area contributed by atoms with Gasteiger partial charge in [-0.1, -0.05) is 25.1 Å². The molecule has 0 radical (unpaired) electrons. The standard InChI is InChI=1S/C26H25FN6O2/c1-16-13-32(26(35)22-6-3-11-29-22)15-21-23(25(34)30-20-5-2-4-19(28)12-20)31-33(24(16)21)14-17-7-9-18(27)10-8-17/h2-12,16,29H,13-15,28H2,1H3,(H,30,34). The van der Waals surface area contributed by atoms with Crippen LogP contribution in [-0.4, -0.2) is 38.0 Å². The van der Waals surface area contributed by atoms with E-state index in [1.165, 1.54) is 12.1 Å². The number of carbonyl (C=O) groups is 2. The van der Waals surface area contributed by atoms with Gasteiger partial charge in [0.25, 0.3) is 11.8 Å². The summed E-state index contributed by atoms with van der Waals surface area (Å²) >= 11 is 0. The molecule has 35 heavy (non-hydrogen) atoms. The Morgan fingerprint density at radius 3 is 2.69 bits per heavy atom. The van der Waals surface area contributed by atoms with E-state index in [2.05, 4.69) is 15.4 Å². The first-order chi connectivity index (χ1) is 16.9. The summed E-state index contributed by atoms with van der Waals surface area (Å²) in [6, 6.07) is 16.6. The van der Waals surface area contributed by atoms with Crippen LogP contribution in [0, 0.1) is 5.82 Å². The molecule has 1 aliphatic heterocycles. The molecule has 3 heterocycles. The number of nitrogens with two attached hydrogens (primary N) is 1. The first-order valence-corrected chi connectivity index (χ1v) is 11.3. The second kappa shape index (κ2) is 9.09. The highest BCUT2D eigenvalue weighted by molar-refractivity contribution is 6.04. The summed E-state index contributed by atoms with van der Waals surface area (Å²) < 4.78 is 15.2. The van der Waals surface area contributed by atoms with Crippen molar-refractivity contribution in [2.75, 3.05) is 17.6 Å². The lowest BCUT2D eigenvalue weighted by Gasteiger charge is -2.32. The molecule has 1 atom stereocenters. The molecule has 178 valence electrons. The number of aromatic amines is 1. The largest absolute Gasteiger partial charge is 0.399 e. The number of amides is 2. The van der Waals surface area contributed by atoms with E-state index in [0.717, 1.165) is 11.3 Å². The van der Waals surface area contributed by atoms with Crippen LogP contribution in [0.5, 0.6) is 0 Å². The highest BCUT2D eigenvalue weighted by Crippen LogP contribution is 2.32. The number of H-pyrrole nitrogens is 1. The van der Waals surface area contributed by atoms with Gasteiger partial charge in [0.05, 0.1) is 13.1 Å². The highest BCUT2D eigenvalue weighted by Gasteiger charge is 2.34. The van der Waals surface area contributed by atoms with Crippen LogP contribution in [0.15, 0.2) is 66.9 Å². The van der Waals surface area contributed by atoms with E-state index in [1.54, 1.807) is 64.3 Å². The van der Waals surface area contributed by atoms with Gasteiger partial charge in [-0.2, -0.15) is 5.10 Å². The van der Waals surface area contributed by atoms with Gasteiger partial charge in [-0.05, 0) is 48.0 Å². The number of aromatic nitrogens is 3. The van der Waals surface area contributed by atoms with Crippen molar-refractivity contribution in [1.82, 2.24) is 19.7 Å². The maximum Gasteiger partial charge on any atom is 0.276 e. The molecule has 2 aromatic carbocycles. The maximum absolute atomic E-state index is 13.4. The van der Waals surface area contributed by atoms with Crippen LogP contribution in [0.3, 0.4) is 0 Å². The van der Waals surface area contributed by atoms with Gasteiger partial charge in [0, 0.05) is 41.3 Å². The molecule has 4 aromatic rings. The molecule has 0 fully saturated rings. The monoisotopic (exact) mass is 472 g/mol. The van der Waals surface area contributed by atoms with Gasteiger partial charge in [0.15, 0.2) is 5.69 Å². The van der Waals surface area contributed by atoms with E-state index in [-0.39, 0.29) is 35.8 Å². The minimum atomic E-state index is -0.383. The summed E-state index contributed by atoms with van der Waals surface area (Å²) in [6.45, 7) is 3.12. The topological polar surface area (TPSA) is 109 Å². The molecular formula is C26H25FN6O2. The lowest BCUT2D eigenvalue weighted by atomic mass is 9.95. The Hall–Kier alpha value is -4.40. The molecule has 0 spiro atoms. The third-order valence-electron chi connectivity index (χ3n) is 6.12. The van der Waals surface area contributed by atoms with Crippen molar-refractivity contribution in [3.05, 3.63) is 101 Å². The summed E-state index contributed by atoms with van der Waals surface area (Å²) in [7, 11) is 0. The number of hydrogen-bond donors (Lipinski definition) is 3. The quantitative estimate of drug-likeness (QED) is 0.382. The molecule has 2 aromatic heterocycles. The number of hydrogen-bond acceptors (Lipinski definition) is 4. The number of anilines is 2. The molecule has 5 rings (SSSR count). The Balaban J connectivity index is 1.52. The number of benzene rings is 2. The van der Waals surface area contributed by atoms with Crippen molar-refractivity contribution in [1.29, 1.82) is 0 Å². The van der Waals surface area contributed by atoms with Crippen molar-refractivity contribution in [3.63, 3.8) is 0 Å². The van der Waals surface area contributed by atoms with E-state index >= 15 is 0 Å². The zero-order valence-electron chi connectivity index (χ0n) is 19.2. The van der Waals surface area contributed by atoms with Crippen molar-refractivity contribution in [2.24, 2.45) is 0 Å². The molecule has 0 aliphatic carbocycles. The molecule has 2 amide bonds. The smallest absolute Gasteiger partial charge is 0.276 e. The first-order valence-electron chi connectivity index (χ1n) is 11.3. The van der Waals surface area contributed by atoms with Crippen LogP contribution < -0.4 is 11.1 Å². The Kier molecular flexibility index (Phi) is 5.82. The van der Waals surface area contributed by atoms with E-state index in [9.17, 15) is 14.0 Å². The number of nitrogens with zero attached hydrogens (tertiary/aromatic N) is 3. The summed E-state index contributed by atoms with van der Waals surface area (Å²) in [5, 5.41) is 7.54. The predicted octanol–water partition coefficient (Wildman–Crippen LogP) is 3.99. The van der Waals surface area contributed by atoms with Gasteiger partial charge in [0.1, 0.15) is 11.5 Å². The van der Waals surface area contributed by atoms with E-state index in [1.807, 2.05) is 6.92 Å². The van der Waals surface area contributed by atoms with Gasteiger partial charge in [0.2, 0.25) is 0 Å². The third kappa shape index (κ3) is 4.52. The van der Waals surface area contributed by atoms with Gasteiger partial charge in [-0.15, -0.1) is 0 Å². The van der Waals surface area contributed by atoms with Gasteiger partial charge in [-0.3, -0.25) is 14.3 Å². The lowest BCUT2D eigenvalue weighted by Crippen LogP contribution is -2.38. The molecule has 0 bridgehead atoms. The van der Waals surface area contributed by atoms with Crippen LogP contribution in [0.2, 0.25) is 0 Å². The average molecular weight is 473 g/mol. The second-order valence-corrected chi connectivity index (χ2v) is 8.75. The highest BCUT2D eigenvalue weighted by atomic mass is 19.1. The molecular weight excluding hydrogens is 447 g/mol. The third-order valence-corrected chi connectivity index (χ3v) is 6.12. The van der Waals surface area contributed by atoms with Crippen LogP contribution in [0.1, 0.15) is 50.6 Å². The average Bonchev–Trinajstić information content (AvgIpc) is 3.49. The van der Waals surface area contributed by atoms with Gasteiger partial charge in [-0.25, -0.2) is 4.39 Å². The fourth-order valence-corrected chi connectivity index (χ4v) is 4.55. The summed E-state index contributed by atoms with van der Waals surface area (Å²) in [5.41, 5.74) is 10.1. The zero-order valence-corrected chi connectivity index (χ0v) is 19.2. The number of halogens is 1. The number of fused-ring (bicyclic) bond motifs is 1. The predicted molar refractivity (Wildman–Crippen MR) is 130 cm³/mol. The van der Waals surface area contributed by atoms with E-state index in [0.29, 0.717) is 35.7 Å². The minimum Gasteiger partial charge on any atom is -0.399 e. The number of rotatable bonds is 5. The van der Waals surface area contributed by atoms with Crippen LogP contribution in [-0.2, 0) is 13.1 Å². The molecule has 4 N–H and O–H groups in total. The van der Waals surface area contributed by atoms with Crippen molar-refractivity contribution >= 4 is 23.2 Å². The number of nitrogen functional groups attached to an aromatic ring is 1. The SMILES string of the molecule is CC1CN(C(=O)c2ccc[nH]2)Cc2c(C(=O)Nc3cccc(N)c3)nn(Cc3ccc(F)cc3)c21. The van der Waals surface area contributed by atoms with E-state index < -0.39 is 0 Å². The molecule has 0 saturated carbocycles. The van der Waals surface area contributed by atoms with Gasteiger partial charge < -0.3 is 20.9 Å². The number of nitrogens with one attached hydrogen (secondary N) is 2. The minimum absolute atomic E-state index is 0.0699. The number of carbonyl (C=O) groups excluding carboxylic acids is 2. The van der Waals surface area contributed by atoms with Gasteiger partial charge >= 0.3 is 0 Å². The molecule has 1 aliphatic rings. The normalized spacial score (nSPS) is 15.0. The fourth-order valence-electron chi connectivity index (χ4n) is 4.55. The summed E-state index contributed by atoms with van der Waals surface area (Å²) in [6.07, 6.45) is 1.71. The lowest BCUT2D eigenvalue weighted by molar-refractivity contribution is 0.0711. The first kappa shape index (κ1) is 22.4. The van der Waals surface area contributed by atoms with Crippen molar-refractivity contribution in [2.45, 2.75) is 25.9 Å². The van der Waals surface area contributed by atoms with Crippen LogP contribution in [0.4, 0.5) is 15.8 Å². The molecule has 0 saturated heterocycles. The van der Waals surface area contributed by atoms with Crippen LogP contribution >= 0.6 is 0 Å². The maximum atomic E-state index is 13.4. The fraction of sp³-hybridized carbons (Fsp3) is 0.192. The summed E-state index contributed by atoms with van der Waals surface area (Å²) in [4.78, 5) is 31.1. The molecule has 9 heteroatoms. The van der Waals surface area contributed by atoms with Crippen molar-refractivity contribution < 1.29 is 14.0 Å². The Bertz CT molecular complexity index is 1380. The molecule has 8 nitrogen and oxygen atoms in total. The Morgan fingerprint density at radius 2 is 1.97 bits per heavy atom.